The van der Waals surface area contributed by atoms with Crippen molar-refractivity contribution in [2.45, 2.75) is 62.7 Å². The van der Waals surface area contributed by atoms with Gasteiger partial charge in [-0.15, -0.1) is 0 Å². The third-order valence-corrected chi connectivity index (χ3v) is 6.65. The molecule has 2 aliphatic rings. The Morgan fingerprint density at radius 1 is 1.03 bits per heavy atom. The zero-order valence-electron chi connectivity index (χ0n) is 17.3. The molecular formula is C25H34N2O2. The van der Waals surface area contributed by atoms with Crippen LogP contribution in [0.4, 0.5) is 0 Å². The predicted octanol–water partition coefficient (Wildman–Crippen LogP) is 4.08. The monoisotopic (exact) mass is 394 g/mol. The van der Waals surface area contributed by atoms with Gasteiger partial charge in [0.05, 0.1) is 5.60 Å². The largest absolute Gasteiger partial charge is 0.489 e. The lowest BCUT2D eigenvalue weighted by Gasteiger charge is -2.41. The lowest BCUT2D eigenvalue weighted by molar-refractivity contribution is -0.0294. The van der Waals surface area contributed by atoms with E-state index in [2.05, 4.69) is 29.2 Å². The third-order valence-electron chi connectivity index (χ3n) is 6.65. The minimum Gasteiger partial charge on any atom is -0.489 e. The molecule has 4 nitrogen and oxygen atoms in total. The molecule has 0 bridgehead atoms. The molecule has 4 heteroatoms. The third kappa shape index (κ3) is 5.19. The van der Waals surface area contributed by atoms with Crippen LogP contribution in [0.2, 0.25) is 0 Å². The molecule has 0 spiro atoms. The van der Waals surface area contributed by atoms with E-state index in [1.807, 2.05) is 30.3 Å². The highest BCUT2D eigenvalue weighted by molar-refractivity contribution is 5.32. The highest BCUT2D eigenvalue weighted by atomic mass is 16.5. The fourth-order valence-electron chi connectivity index (χ4n) is 4.92. The molecular weight excluding hydrogens is 360 g/mol. The van der Waals surface area contributed by atoms with Gasteiger partial charge in [0.15, 0.2) is 0 Å². The van der Waals surface area contributed by atoms with E-state index in [9.17, 15) is 5.11 Å². The zero-order valence-corrected chi connectivity index (χ0v) is 17.3. The highest BCUT2D eigenvalue weighted by Gasteiger charge is 2.40. The van der Waals surface area contributed by atoms with Crippen LogP contribution in [0.1, 0.15) is 55.6 Å². The molecule has 29 heavy (non-hydrogen) atoms. The maximum Gasteiger partial charge on any atom is 0.119 e. The topological polar surface area (TPSA) is 58.7 Å². The Hall–Kier alpha value is -1.88. The van der Waals surface area contributed by atoms with Gasteiger partial charge in [-0.1, -0.05) is 61.7 Å². The van der Waals surface area contributed by atoms with Crippen molar-refractivity contribution in [1.82, 2.24) is 4.90 Å². The average molecular weight is 395 g/mol. The molecule has 2 fully saturated rings. The van der Waals surface area contributed by atoms with Crippen LogP contribution >= 0.6 is 0 Å². The van der Waals surface area contributed by atoms with Crippen molar-refractivity contribution in [2.75, 3.05) is 19.6 Å². The van der Waals surface area contributed by atoms with Gasteiger partial charge in [0.1, 0.15) is 12.4 Å². The van der Waals surface area contributed by atoms with Gasteiger partial charge < -0.3 is 20.5 Å². The van der Waals surface area contributed by atoms with Crippen LogP contribution in [-0.2, 0) is 6.61 Å². The van der Waals surface area contributed by atoms with Gasteiger partial charge in [0.2, 0.25) is 0 Å². The van der Waals surface area contributed by atoms with E-state index < -0.39 is 5.60 Å². The van der Waals surface area contributed by atoms with Crippen LogP contribution in [0.25, 0.3) is 0 Å². The van der Waals surface area contributed by atoms with Gasteiger partial charge in [-0.25, -0.2) is 0 Å². The van der Waals surface area contributed by atoms with Gasteiger partial charge in [-0.05, 0) is 49.1 Å². The second-order valence-electron chi connectivity index (χ2n) is 8.87. The molecule has 3 N–H and O–H groups in total. The molecule has 2 aromatic carbocycles. The van der Waals surface area contributed by atoms with E-state index in [0.717, 1.165) is 63.1 Å². The van der Waals surface area contributed by atoms with Crippen molar-refractivity contribution < 1.29 is 9.84 Å². The maximum atomic E-state index is 11.5. The molecule has 4 rings (SSSR count). The van der Waals surface area contributed by atoms with Crippen molar-refractivity contribution in [2.24, 2.45) is 5.73 Å². The van der Waals surface area contributed by atoms with Gasteiger partial charge in [-0.3, -0.25) is 0 Å². The second kappa shape index (κ2) is 9.29. The van der Waals surface area contributed by atoms with Crippen LogP contribution in [0.3, 0.4) is 0 Å². The first-order chi connectivity index (χ1) is 14.1. The summed E-state index contributed by atoms with van der Waals surface area (Å²) < 4.78 is 5.96. The van der Waals surface area contributed by atoms with Crippen molar-refractivity contribution in [3.8, 4) is 5.75 Å². The van der Waals surface area contributed by atoms with E-state index in [1.165, 1.54) is 12.0 Å². The molecule has 1 heterocycles. The lowest BCUT2D eigenvalue weighted by Crippen LogP contribution is -2.44. The summed E-state index contributed by atoms with van der Waals surface area (Å²) in [5, 5.41) is 11.5. The number of hydrogen-bond acceptors (Lipinski definition) is 4. The Balaban J connectivity index is 1.47. The molecule has 1 unspecified atom stereocenters. The fourth-order valence-corrected chi connectivity index (χ4v) is 4.92. The summed E-state index contributed by atoms with van der Waals surface area (Å²) in [5.74, 6) is 0.992. The van der Waals surface area contributed by atoms with Crippen molar-refractivity contribution in [1.29, 1.82) is 0 Å². The second-order valence-corrected chi connectivity index (χ2v) is 8.87. The molecule has 1 aliphatic carbocycles. The van der Waals surface area contributed by atoms with E-state index in [4.69, 9.17) is 10.5 Å². The first-order valence-electron chi connectivity index (χ1n) is 11.1. The molecule has 2 atom stereocenters. The van der Waals surface area contributed by atoms with Crippen LogP contribution in [0, 0.1) is 0 Å². The Bertz CT molecular complexity index is 756. The number of aliphatic hydroxyl groups is 1. The van der Waals surface area contributed by atoms with Gasteiger partial charge in [-0.2, -0.15) is 0 Å². The van der Waals surface area contributed by atoms with E-state index >= 15 is 0 Å². The molecule has 1 aliphatic heterocycles. The lowest BCUT2D eigenvalue weighted by atomic mass is 9.72. The highest BCUT2D eigenvalue weighted by Crippen LogP contribution is 2.41. The summed E-state index contributed by atoms with van der Waals surface area (Å²) in [6, 6.07) is 18.9. The molecule has 2 aromatic rings. The van der Waals surface area contributed by atoms with Crippen molar-refractivity contribution in [3.63, 3.8) is 0 Å². The average Bonchev–Trinajstić information content (AvgIpc) is 3.17. The van der Waals surface area contributed by atoms with E-state index in [1.54, 1.807) is 0 Å². The van der Waals surface area contributed by atoms with Crippen LogP contribution in [0.15, 0.2) is 54.6 Å². The number of ether oxygens (including phenoxy) is 1. The number of benzene rings is 2. The van der Waals surface area contributed by atoms with E-state index in [0.29, 0.717) is 6.61 Å². The Morgan fingerprint density at radius 3 is 2.41 bits per heavy atom. The summed E-state index contributed by atoms with van der Waals surface area (Å²) in [5.41, 5.74) is 7.89. The van der Waals surface area contributed by atoms with Crippen molar-refractivity contribution >= 4 is 0 Å². The summed E-state index contributed by atoms with van der Waals surface area (Å²) in [6.45, 7) is 3.42. The van der Waals surface area contributed by atoms with Crippen LogP contribution in [0.5, 0.6) is 5.75 Å². The minimum absolute atomic E-state index is 0.122. The quantitative estimate of drug-likeness (QED) is 0.743. The number of hydrogen-bond donors (Lipinski definition) is 2. The Kier molecular flexibility index (Phi) is 6.53. The number of rotatable bonds is 7. The Labute approximate surface area is 174 Å². The normalized spacial score (nSPS) is 23.0. The van der Waals surface area contributed by atoms with Crippen LogP contribution in [-0.4, -0.2) is 41.3 Å². The van der Waals surface area contributed by atoms with Crippen LogP contribution < -0.4 is 10.5 Å². The number of likely N-dealkylation sites (tertiary alicyclic amines) is 1. The minimum atomic E-state index is -0.614. The Morgan fingerprint density at radius 2 is 1.76 bits per heavy atom. The zero-order chi connectivity index (χ0) is 20.1. The van der Waals surface area contributed by atoms with E-state index in [-0.39, 0.29) is 12.0 Å². The van der Waals surface area contributed by atoms with Crippen molar-refractivity contribution in [3.05, 3.63) is 65.7 Å². The summed E-state index contributed by atoms with van der Waals surface area (Å²) >= 11 is 0. The number of nitrogens with two attached hydrogens (primary N) is 1. The summed E-state index contributed by atoms with van der Waals surface area (Å²) in [7, 11) is 0. The smallest absolute Gasteiger partial charge is 0.119 e. The summed E-state index contributed by atoms with van der Waals surface area (Å²) in [6.07, 6.45) is 6.30. The molecule has 0 amide bonds. The number of nitrogens with zero attached hydrogens (tertiary/aromatic N) is 1. The molecule has 1 saturated carbocycles. The molecule has 0 aromatic heterocycles. The fraction of sp³-hybridized carbons (Fsp3) is 0.520. The maximum absolute atomic E-state index is 11.5. The predicted molar refractivity (Wildman–Crippen MR) is 117 cm³/mol. The van der Waals surface area contributed by atoms with Gasteiger partial charge in [0.25, 0.3) is 0 Å². The summed E-state index contributed by atoms with van der Waals surface area (Å²) in [4.78, 5) is 2.43. The standard InChI is InChI=1S/C25H34N2O2/c26-22-13-16-27(17-22)18-24(25(28)14-5-2-6-15-25)21-9-11-23(12-10-21)29-19-20-7-3-1-4-8-20/h1,3-4,7-12,22,24,28H,2,5-6,13-19,26H2/t22-,24?/m0/s1. The first kappa shape index (κ1) is 20.4. The molecule has 156 valence electrons. The molecule has 1 saturated heterocycles. The molecule has 0 radical (unpaired) electrons. The van der Waals surface area contributed by atoms with Gasteiger partial charge >= 0.3 is 0 Å². The first-order valence-corrected chi connectivity index (χ1v) is 11.1. The SMILES string of the molecule is N[C@H]1CCN(CC(c2ccc(OCc3ccccc3)cc2)C2(O)CCCCC2)C1. The van der Waals surface area contributed by atoms with Gasteiger partial charge in [0, 0.05) is 25.0 Å².